The van der Waals surface area contributed by atoms with Gasteiger partial charge < -0.3 is 9.80 Å². The smallest absolute Gasteiger partial charge is 0.273 e. The van der Waals surface area contributed by atoms with Gasteiger partial charge in [-0.3, -0.25) is 4.79 Å². The van der Waals surface area contributed by atoms with Crippen LogP contribution in [0.5, 0.6) is 0 Å². The van der Waals surface area contributed by atoms with Gasteiger partial charge in [-0.05, 0) is 44.4 Å². The minimum atomic E-state index is 0.0237. The second-order valence-electron chi connectivity index (χ2n) is 7.48. The molecule has 0 radical (unpaired) electrons. The summed E-state index contributed by atoms with van der Waals surface area (Å²) in [7, 11) is 4.00. The standard InChI is InChI=1S/C21H24N4OS/c1-13-5-6-15-10-16(20(24(3)4)23-18(15)9-13)11-25(17-7-8-17)21(26)19-12-27-14(2)22-19/h5-6,9-10,12,17H,7-8,11H2,1-4H3. The van der Waals surface area contributed by atoms with Gasteiger partial charge in [0.25, 0.3) is 5.91 Å². The maximum atomic E-state index is 13.1. The molecule has 1 aliphatic carbocycles. The van der Waals surface area contributed by atoms with Crippen molar-refractivity contribution >= 4 is 34.0 Å². The molecule has 2 aromatic heterocycles. The van der Waals surface area contributed by atoms with Crippen molar-refractivity contribution < 1.29 is 4.79 Å². The Balaban J connectivity index is 1.72. The van der Waals surface area contributed by atoms with Crippen molar-refractivity contribution in [1.29, 1.82) is 0 Å². The van der Waals surface area contributed by atoms with Crippen LogP contribution in [0.15, 0.2) is 29.6 Å². The van der Waals surface area contributed by atoms with Gasteiger partial charge in [-0.1, -0.05) is 12.1 Å². The molecule has 1 aliphatic rings. The fourth-order valence-electron chi connectivity index (χ4n) is 3.36. The minimum Gasteiger partial charge on any atom is -0.362 e. The number of benzene rings is 1. The summed E-state index contributed by atoms with van der Waals surface area (Å²) in [6.07, 6.45) is 2.12. The first-order chi connectivity index (χ1) is 12.9. The lowest BCUT2D eigenvalue weighted by atomic mass is 10.1. The summed E-state index contributed by atoms with van der Waals surface area (Å²) in [4.78, 5) is 26.3. The van der Waals surface area contributed by atoms with E-state index in [0.717, 1.165) is 40.1 Å². The summed E-state index contributed by atoms with van der Waals surface area (Å²) < 4.78 is 0. The fourth-order valence-corrected chi connectivity index (χ4v) is 3.95. The SMILES string of the molecule is Cc1ccc2cc(CN(C(=O)c3csc(C)n3)C3CC3)c(N(C)C)nc2c1. The van der Waals surface area contributed by atoms with Gasteiger partial charge in [0.15, 0.2) is 0 Å². The Labute approximate surface area is 163 Å². The number of aryl methyl sites for hydroxylation is 2. The van der Waals surface area contributed by atoms with Crippen molar-refractivity contribution in [1.82, 2.24) is 14.9 Å². The zero-order valence-electron chi connectivity index (χ0n) is 16.2. The van der Waals surface area contributed by atoms with Crippen molar-refractivity contribution in [3.8, 4) is 0 Å². The van der Waals surface area contributed by atoms with Crippen molar-refractivity contribution in [2.75, 3.05) is 19.0 Å². The summed E-state index contributed by atoms with van der Waals surface area (Å²) in [5, 5.41) is 3.89. The number of pyridine rings is 1. The first kappa shape index (κ1) is 17.9. The highest BCUT2D eigenvalue weighted by Crippen LogP contribution is 2.32. The zero-order chi connectivity index (χ0) is 19.1. The van der Waals surface area contributed by atoms with Crippen LogP contribution in [0.4, 0.5) is 5.82 Å². The molecule has 4 rings (SSSR count). The lowest BCUT2D eigenvalue weighted by Crippen LogP contribution is -2.33. The van der Waals surface area contributed by atoms with E-state index in [-0.39, 0.29) is 5.91 Å². The van der Waals surface area contributed by atoms with E-state index >= 15 is 0 Å². The summed E-state index contributed by atoms with van der Waals surface area (Å²) in [5.74, 6) is 0.941. The number of hydrogen-bond acceptors (Lipinski definition) is 5. The normalized spacial score (nSPS) is 13.8. The molecule has 0 N–H and O–H groups in total. The number of amides is 1. The highest BCUT2D eigenvalue weighted by Gasteiger charge is 2.34. The molecule has 1 saturated carbocycles. The van der Waals surface area contributed by atoms with Crippen molar-refractivity contribution in [2.24, 2.45) is 0 Å². The molecule has 2 heterocycles. The summed E-state index contributed by atoms with van der Waals surface area (Å²) >= 11 is 1.52. The van der Waals surface area contributed by atoms with Crippen LogP contribution in [0, 0.1) is 13.8 Å². The molecule has 1 amide bonds. The van der Waals surface area contributed by atoms with E-state index in [9.17, 15) is 4.79 Å². The Morgan fingerprint density at radius 2 is 1.96 bits per heavy atom. The predicted molar refractivity (Wildman–Crippen MR) is 111 cm³/mol. The Hall–Kier alpha value is -2.47. The van der Waals surface area contributed by atoms with E-state index < -0.39 is 0 Å². The van der Waals surface area contributed by atoms with Crippen molar-refractivity contribution in [3.05, 3.63) is 51.5 Å². The maximum absolute atomic E-state index is 13.1. The third-order valence-corrected chi connectivity index (χ3v) is 5.65. The van der Waals surface area contributed by atoms with Crippen LogP contribution in [-0.2, 0) is 6.54 Å². The molecular weight excluding hydrogens is 356 g/mol. The number of nitrogens with zero attached hydrogens (tertiary/aromatic N) is 4. The predicted octanol–water partition coefficient (Wildman–Crippen LogP) is 4.18. The minimum absolute atomic E-state index is 0.0237. The Morgan fingerprint density at radius 1 is 1.19 bits per heavy atom. The van der Waals surface area contributed by atoms with Gasteiger partial charge >= 0.3 is 0 Å². The van der Waals surface area contributed by atoms with Crippen LogP contribution in [0.3, 0.4) is 0 Å². The number of thiazole rings is 1. The molecule has 0 spiro atoms. The van der Waals surface area contributed by atoms with Gasteiger partial charge in [0, 0.05) is 43.0 Å². The summed E-state index contributed by atoms with van der Waals surface area (Å²) in [6.45, 7) is 4.57. The lowest BCUT2D eigenvalue weighted by Gasteiger charge is -2.25. The molecule has 140 valence electrons. The van der Waals surface area contributed by atoms with Crippen LogP contribution < -0.4 is 4.90 Å². The van der Waals surface area contributed by atoms with E-state index in [2.05, 4.69) is 36.2 Å². The molecule has 0 aliphatic heterocycles. The highest BCUT2D eigenvalue weighted by molar-refractivity contribution is 7.09. The van der Waals surface area contributed by atoms with Crippen molar-refractivity contribution in [3.63, 3.8) is 0 Å². The molecule has 0 saturated heterocycles. The molecule has 0 unspecified atom stereocenters. The van der Waals surface area contributed by atoms with E-state index in [4.69, 9.17) is 4.98 Å². The molecule has 27 heavy (non-hydrogen) atoms. The van der Waals surface area contributed by atoms with Gasteiger partial charge in [0.2, 0.25) is 0 Å². The van der Waals surface area contributed by atoms with Crippen molar-refractivity contribution in [2.45, 2.75) is 39.3 Å². The third-order valence-electron chi connectivity index (χ3n) is 4.88. The van der Waals surface area contributed by atoms with Gasteiger partial charge in [-0.15, -0.1) is 11.3 Å². The Bertz CT molecular complexity index is 1010. The van der Waals surface area contributed by atoms with Gasteiger partial charge in [0.1, 0.15) is 11.5 Å². The number of anilines is 1. The maximum Gasteiger partial charge on any atom is 0.273 e. The van der Waals surface area contributed by atoms with Crippen LogP contribution >= 0.6 is 11.3 Å². The van der Waals surface area contributed by atoms with E-state index in [1.54, 1.807) is 0 Å². The van der Waals surface area contributed by atoms with E-state index in [1.807, 2.05) is 36.2 Å². The quantitative estimate of drug-likeness (QED) is 0.666. The van der Waals surface area contributed by atoms with Crippen LogP contribution in [0.1, 0.15) is 39.5 Å². The van der Waals surface area contributed by atoms with E-state index in [1.165, 1.54) is 16.9 Å². The molecule has 0 bridgehead atoms. The molecule has 5 nitrogen and oxygen atoms in total. The highest BCUT2D eigenvalue weighted by atomic mass is 32.1. The number of rotatable bonds is 5. The molecule has 3 aromatic rings. The molecular formula is C21H24N4OS. The molecule has 6 heteroatoms. The monoisotopic (exact) mass is 380 g/mol. The number of hydrogen-bond donors (Lipinski definition) is 0. The number of fused-ring (bicyclic) bond motifs is 1. The zero-order valence-corrected chi connectivity index (χ0v) is 17.0. The lowest BCUT2D eigenvalue weighted by molar-refractivity contribution is 0.0725. The largest absolute Gasteiger partial charge is 0.362 e. The molecule has 1 fully saturated rings. The number of carbonyl (C=O) groups is 1. The second-order valence-corrected chi connectivity index (χ2v) is 8.54. The Kier molecular flexibility index (Phi) is 4.60. The number of aromatic nitrogens is 2. The third kappa shape index (κ3) is 3.67. The first-order valence-electron chi connectivity index (χ1n) is 9.23. The van der Waals surface area contributed by atoms with Crippen LogP contribution in [0.2, 0.25) is 0 Å². The second kappa shape index (κ2) is 6.93. The van der Waals surface area contributed by atoms with E-state index in [0.29, 0.717) is 18.3 Å². The fraction of sp³-hybridized carbons (Fsp3) is 0.381. The van der Waals surface area contributed by atoms with Crippen LogP contribution in [-0.4, -0.2) is 40.9 Å². The summed E-state index contributed by atoms with van der Waals surface area (Å²) in [5.41, 5.74) is 3.81. The summed E-state index contributed by atoms with van der Waals surface area (Å²) in [6, 6.07) is 8.79. The Morgan fingerprint density at radius 3 is 2.59 bits per heavy atom. The average Bonchev–Trinajstić information content (AvgIpc) is 3.38. The van der Waals surface area contributed by atoms with Gasteiger partial charge in [-0.2, -0.15) is 0 Å². The average molecular weight is 381 g/mol. The molecule has 1 aromatic carbocycles. The first-order valence-corrected chi connectivity index (χ1v) is 10.1. The van der Waals surface area contributed by atoms with Gasteiger partial charge in [-0.25, -0.2) is 9.97 Å². The van der Waals surface area contributed by atoms with Crippen LogP contribution in [0.25, 0.3) is 10.9 Å². The van der Waals surface area contributed by atoms with Gasteiger partial charge in [0.05, 0.1) is 10.5 Å². The molecule has 0 atom stereocenters. The number of carbonyl (C=O) groups excluding carboxylic acids is 1. The topological polar surface area (TPSA) is 49.3 Å².